The van der Waals surface area contributed by atoms with E-state index in [9.17, 15) is 0 Å². The average Bonchev–Trinajstić information content (AvgIpc) is 2.33. The summed E-state index contributed by atoms with van der Waals surface area (Å²) in [6.07, 6.45) is 0. The number of hydrogen-bond donors (Lipinski definition) is 0. The molecule has 1 unspecified atom stereocenters. The minimum absolute atomic E-state index is 0.498. The Morgan fingerprint density at radius 1 is 1.67 bits per heavy atom. The number of fused-ring (bicyclic) bond motifs is 1. The highest BCUT2D eigenvalue weighted by Crippen LogP contribution is 2.38. The topological polar surface area (TPSA) is 22.1 Å². The van der Waals surface area contributed by atoms with Crippen molar-refractivity contribution in [1.82, 2.24) is 4.98 Å². The predicted molar refractivity (Wildman–Crippen MR) is 50.6 cm³/mol. The molecular formula is C9H10BrNO. The molecule has 2 nitrogen and oxygen atoms in total. The fourth-order valence-corrected chi connectivity index (χ4v) is 2.08. The molecule has 1 aliphatic rings. The van der Waals surface area contributed by atoms with Gasteiger partial charge in [-0.1, -0.05) is 6.92 Å². The van der Waals surface area contributed by atoms with Gasteiger partial charge in [0, 0.05) is 17.2 Å². The van der Waals surface area contributed by atoms with Gasteiger partial charge in [0.25, 0.3) is 0 Å². The van der Waals surface area contributed by atoms with Crippen LogP contribution >= 0.6 is 15.9 Å². The van der Waals surface area contributed by atoms with Gasteiger partial charge in [-0.25, -0.2) is 4.98 Å². The smallest absolute Gasteiger partial charge is 0.155 e. The zero-order chi connectivity index (χ0) is 8.72. The molecule has 0 fully saturated rings. The summed E-state index contributed by atoms with van der Waals surface area (Å²) in [7, 11) is 0. The number of rotatable bonds is 0. The molecule has 0 aliphatic carbocycles. The van der Waals surface area contributed by atoms with Gasteiger partial charge in [0.05, 0.1) is 6.61 Å². The maximum atomic E-state index is 5.49. The summed E-state index contributed by atoms with van der Waals surface area (Å²) in [5.41, 5.74) is 2.31. The van der Waals surface area contributed by atoms with E-state index in [1.165, 1.54) is 5.56 Å². The monoisotopic (exact) mass is 227 g/mol. The normalized spacial score (nSPS) is 20.4. The number of halogens is 1. The van der Waals surface area contributed by atoms with Crippen molar-refractivity contribution in [2.75, 3.05) is 6.61 Å². The Hall–Kier alpha value is -0.570. The van der Waals surface area contributed by atoms with Gasteiger partial charge in [-0.15, -0.1) is 0 Å². The van der Waals surface area contributed by atoms with Crippen molar-refractivity contribution >= 4 is 15.9 Å². The van der Waals surface area contributed by atoms with Crippen molar-refractivity contribution in [2.24, 2.45) is 0 Å². The third kappa shape index (κ3) is 1.12. The van der Waals surface area contributed by atoms with Gasteiger partial charge in [0.1, 0.15) is 4.60 Å². The van der Waals surface area contributed by atoms with Crippen LogP contribution in [0, 0.1) is 6.92 Å². The minimum atomic E-state index is 0.498. The number of aryl methyl sites for hydroxylation is 1. The van der Waals surface area contributed by atoms with Crippen LogP contribution in [0.5, 0.6) is 5.75 Å². The van der Waals surface area contributed by atoms with E-state index in [0.717, 1.165) is 22.7 Å². The highest BCUT2D eigenvalue weighted by molar-refractivity contribution is 9.10. The second-order valence-corrected chi connectivity index (χ2v) is 3.94. The molecule has 1 aromatic rings. The highest BCUT2D eigenvalue weighted by atomic mass is 79.9. The molecule has 64 valence electrons. The largest absolute Gasteiger partial charge is 0.490 e. The van der Waals surface area contributed by atoms with Crippen molar-refractivity contribution in [2.45, 2.75) is 19.8 Å². The summed E-state index contributed by atoms with van der Waals surface area (Å²) in [6.45, 7) is 4.94. The first-order valence-electron chi connectivity index (χ1n) is 3.98. The number of ether oxygens (including phenoxy) is 1. The Labute approximate surface area is 80.1 Å². The van der Waals surface area contributed by atoms with Crippen LogP contribution in [0.3, 0.4) is 0 Å². The van der Waals surface area contributed by atoms with Crippen LogP contribution in [0.15, 0.2) is 10.7 Å². The number of pyridine rings is 1. The Morgan fingerprint density at radius 2 is 2.42 bits per heavy atom. The van der Waals surface area contributed by atoms with Gasteiger partial charge in [-0.05, 0) is 28.9 Å². The minimum Gasteiger partial charge on any atom is -0.490 e. The molecule has 2 rings (SSSR count). The lowest BCUT2D eigenvalue weighted by atomic mass is 10.0. The van der Waals surface area contributed by atoms with E-state index >= 15 is 0 Å². The molecule has 0 radical (unpaired) electrons. The number of hydrogen-bond acceptors (Lipinski definition) is 2. The zero-order valence-corrected chi connectivity index (χ0v) is 8.68. The summed E-state index contributed by atoms with van der Waals surface area (Å²) in [5, 5.41) is 0. The Bertz CT molecular complexity index is 325. The summed E-state index contributed by atoms with van der Waals surface area (Å²) in [6, 6.07) is 2.09. The van der Waals surface area contributed by atoms with Crippen LogP contribution in [0.25, 0.3) is 0 Å². The van der Waals surface area contributed by atoms with Crippen molar-refractivity contribution in [3.63, 3.8) is 0 Å². The van der Waals surface area contributed by atoms with Gasteiger partial charge in [-0.2, -0.15) is 0 Å². The van der Waals surface area contributed by atoms with Crippen LogP contribution in [-0.2, 0) is 0 Å². The maximum Gasteiger partial charge on any atom is 0.155 e. The van der Waals surface area contributed by atoms with Gasteiger partial charge >= 0.3 is 0 Å². The molecule has 0 bridgehead atoms. The van der Waals surface area contributed by atoms with Crippen molar-refractivity contribution < 1.29 is 4.74 Å². The SMILES string of the molecule is Cc1cc2c(c(Br)n1)OCC2C. The summed E-state index contributed by atoms with van der Waals surface area (Å²) in [4.78, 5) is 4.27. The predicted octanol–water partition coefficient (Wildman–Crippen LogP) is 2.65. The van der Waals surface area contributed by atoms with Crippen molar-refractivity contribution in [3.05, 3.63) is 21.9 Å². The van der Waals surface area contributed by atoms with E-state index in [0.29, 0.717) is 5.92 Å². The van der Waals surface area contributed by atoms with Crippen LogP contribution in [0.2, 0.25) is 0 Å². The zero-order valence-electron chi connectivity index (χ0n) is 7.10. The second-order valence-electron chi connectivity index (χ2n) is 3.18. The first-order valence-corrected chi connectivity index (χ1v) is 4.77. The van der Waals surface area contributed by atoms with E-state index in [2.05, 4.69) is 33.9 Å². The molecule has 1 aliphatic heterocycles. The van der Waals surface area contributed by atoms with Crippen molar-refractivity contribution in [3.8, 4) is 5.75 Å². The van der Waals surface area contributed by atoms with E-state index < -0.39 is 0 Å². The molecule has 0 saturated heterocycles. The quantitative estimate of drug-likeness (QED) is 0.637. The molecule has 1 atom stereocenters. The van der Waals surface area contributed by atoms with Gasteiger partial charge in [0.15, 0.2) is 5.75 Å². The lowest BCUT2D eigenvalue weighted by Gasteiger charge is -2.03. The molecule has 3 heteroatoms. The maximum absolute atomic E-state index is 5.49. The average molecular weight is 228 g/mol. The molecule has 12 heavy (non-hydrogen) atoms. The van der Waals surface area contributed by atoms with Crippen LogP contribution < -0.4 is 4.74 Å². The highest BCUT2D eigenvalue weighted by Gasteiger charge is 2.23. The summed E-state index contributed by atoms with van der Waals surface area (Å²) < 4.78 is 6.32. The van der Waals surface area contributed by atoms with Gasteiger partial charge in [-0.3, -0.25) is 0 Å². The standard InChI is InChI=1S/C9H10BrNO/c1-5-4-12-8-7(5)3-6(2)11-9(8)10/h3,5H,4H2,1-2H3. The van der Waals surface area contributed by atoms with Crippen LogP contribution in [0.1, 0.15) is 24.1 Å². The molecule has 2 heterocycles. The third-order valence-corrected chi connectivity index (χ3v) is 2.63. The Kier molecular flexibility index (Phi) is 1.83. The first-order chi connectivity index (χ1) is 5.68. The fraction of sp³-hybridized carbons (Fsp3) is 0.444. The van der Waals surface area contributed by atoms with Crippen LogP contribution in [-0.4, -0.2) is 11.6 Å². The molecule has 1 aromatic heterocycles. The molecule has 0 amide bonds. The van der Waals surface area contributed by atoms with Gasteiger partial charge in [0.2, 0.25) is 0 Å². The Balaban J connectivity index is 2.60. The first kappa shape index (κ1) is 8.05. The third-order valence-electron chi connectivity index (χ3n) is 2.10. The van der Waals surface area contributed by atoms with E-state index in [-0.39, 0.29) is 0 Å². The molecule has 0 N–H and O–H groups in total. The fourth-order valence-electron chi connectivity index (χ4n) is 1.45. The van der Waals surface area contributed by atoms with E-state index in [4.69, 9.17) is 4.74 Å². The molecule has 0 aromatic carbocycles. The molecule has 0 spiro atoms. The lowest BCUT2D eigenvalue weighted by molar-refractivity contribution is 0.334. The van der Waals surface area contributed by atoms with E-state index in [1.54, 1.807) is 0 Å². The van der Waals surface area contributed by atoms with Gasteiger partial charge < -0.3 is 4.74 Å². The molecule has 0 saturated carbocycles. The molecular weight excluding hydrogens is 218 g/mol. The number of nitrogens with zero attached hydrogens (tertiary/aromatic N) is 1. The number of aromatic nitrogens is 1. The second kappa shape index (κ2) is 2.73. The van der Waals surface area contributed by atoms with Crippen LogP contribution in [0.4, 0.5) is 0 Å². The summed E-state index contributed by atoms with van der Waals surface area (Å²) >= 11 is 3.39. The van der Waals surface area contributed by atoms with Crippen molar-refractivity contribution in [1.29, 1.82) is 0 Å². The Morgan fingerprint density at radius 3 is 3.17 bits per heavy atom. The summed E-state index contributed by atoms with van der Waals surface area (Å²) in [5.74, 6) is 1.42. The lowest BCUT2D eigenvalue weighted by Crippen LogP contribution is -1.93. The van der Waals surface area contributed by atoms with E-state index in [1.807, 2.05) is 6.92 Å².